The van der Waals surface area contributed by atoms with Crippen molar-refractivity contribution in [1.82, 2.24) is 10.6 Å². The zero-order chi connectivity index (χ0) is 14.2. The summed E-state index contributed by atoms with van der Waals surface area (Å²) in [7, 11) is 1.63. The molecule has 0 atom stereocenters. The maximum atomic E-state index is 11.8. The van der Waals surface area contributed by atoms with Gasteiger partial charge in [-0.15, -0.1) is 12.4 Å². The average Bonchev–Trinajstić information content (AvgIpc) is 2.49. The molecule has 6 heteroatoms. The van der Waals surface area contributed by atoms with E-state index in [9.17, 15) is 4.79 Å². The fraction of sp³-hybridized carbons (Fsp3) is 0.533. The van der Waals surface area contributed by atoms with E-state index >= 15 is 0 Å². The van der Waals surface area contributed by atoms with Crippen LogP contribution in [0.25, 0.3) is 0 Å². The van der Waals surface area contributed by atoms with Crippen molar-refractivity contribution in [2.75, 3.05) is 26.8 Å². The van der Waals surface area contributed by atoms with Gasteiger partial charge in [-0.05, 0) is 50.2 Å². The van der Waals surface area contributed by atoms with Gasteiger partial charge in [0.05, 0.1) is 20.1 Å². The van der Waals surface area contributed by atoms with Gasteiger partial charge in [-0.25, -0.2) is 0 Å². The topological polar surface area (TPSA) is 59.6 Å². The number of ether oxygens (including phenoxy) is 2. The molecule has 2 rings (SSSR count). The molecule has 0 spiro atoms. The summed E-state index contributed by atoms with van der Waals surface area (Å²) in [5, 5.41) is 6.32. The summed E-state index contributed by atoms with van der Waals surface area (Å²) in [5.74, 6) is 1.60. The molecule has 1 fully saturated rings. The van der Waals surface area contributed by atoms with Gasteiger partial charge in [-0.3, -0.25) is 4.79 Å². The van der Waals surface area contributed by atoms with Crippen LogP contribution in [-0.4, -0.2) is 38.8 Å². The fourth-order valence-corrected chi connectivity index (χ4v) is 2.20. The van der Waals surface area contributed by atoms with Crippen LogP contribution < -0.4 is 20.1 Å². The summed E-state index contributed by atoms with van der Waals surface area (Å²) >= 11 is 0. The maximum absolute atomic E-state index is 11.8. The number of hydrogen-bond acceptors (Lipinski definition) is 4. The third-order valence-electron chi connectivity index (χ3n) is 3.36. The van der Waals surface area contributed by atoms with Gasteiger partial charge in [0.15, 0.2) is 0 Å². The molecule has 1 aliphatic heterocycles. The Hall–Kier alpha value is -1.46. The highest BCUT2D eigenvalue weighted by atomic mass is 35.5. The molecule has 0 bridgehead atoms. The van der Waals surface area contributed by atoms with Gasteiger partial charge in [0, 0.05) is 6.04 Å². The van der Waals surface area contributed by atoms with Crippen LogP contribution in [0.5, 0.6) is 11.5 Å². The van der Waals surface area contributed by atoms with E-state index in [2.05, 4.69) is 10.6 Å². The van der Waals surface area contributed by atoms with Crippen molar-refractivity contribution in [3.05, 3.63) is 24.3 Å². The zero-order valence-corrected chi connectivity index (χ0v) is 13.1. The standard InChI is InChI=1S/C15H22N2O3.ClH/c1-19-13-2-4-14(5-3-13)20-11-8-15(18)17-12-6-9-16-10-7-12;/h2-5,12,16H,6-11H2,1H3,(H,17,18);1H. The second kappa shape index (κ2) is 9.47. The molecular formula is C15H23ClN2O3. The molecule has 5 nitrogen and oxygen atoms in total. The summed E-state index contributed by atoms with van der Waals surface area (Å²) in [6.07, 6.45) is 2.39. The number of rotatable bonds is 6. The smallest absolute Gasteiger partial charge is 0.223 e. The summed E-state index contributed by atoms with van der Waals surface area (Å²) in [4.78, 5) is 11.8. The molecule has 1 aromatic rings. The quantitative estimate of drug-likeness (QED) is 0.840. The highest BCUT2D eigenvalue weighted by Crippen LogP contribution is 2.17. The Labute approximate surface area is 131 Å². The summed E-state index contributed by atoms with van der Waals surface area (Å²) in [5.41, 5.74) is 0. The predicted molar refractivity (Wildman–Crippen MR) is 84.4 cm³/mol. The van der Waals surface area contributed by atoms with E-state index in [0.717, 1.165) is 37.4 Å². The average molecular weight is 315 g/mol. The number of benzene rings is 1. The summed E-state index contributed by atoms with van der Waals surface area (Å²) in [6, 6.07) is 7.66. The number of hydrogen-bond donors (Lipinski definition) is 2. The molecule has 0 saturated carbocycles. The number of nitrogens with one attached hydrogen (secondary N) is 2. The first kappa shape index (κ1) is 17.6. The largest absolute Gasteiger partial charge is 0.497 e. The van der Waals surface area contributed by atoms with Crippen molar-refractivity contribution in [1.29, 1.82) is 0 Å². The number of carbonyl (C=O) groups is 1. The Bertz CT molecular complexity index is 419. The molecule has 0 unspecified atom stereocenters. The number of piperidine rings is 1. The van der Waals surface area contributed by atoms with Gasteiger partial charge in [0.1, 0.15) is 11.5 Å². The first-order valence-electron chi connectivity index (χ1n) is 7.05. The van der Waals surface area contributed by atoms with Crippen molar-refractivity contribution in [2.24, 2.45) is 0 Å². The van der Waals surface area contributed by atoms with E-state index in [1.54, 1.807) is 7.11 Å². The van der Waals surface area contributed by atoms with Gasteiger partial charge >= 0.3 is 0 Å². The van der Waals surface area contributed by atoms with Gasteiger partial charge in [-0.1, -0.05) is 0 Å². The minimum atomic E-state index is 0. The van der Waals surface area contributed by atoms with E-state index in [0.29, 0.717) is 19.1 Å². The van der Waals surface area contributed by atoms with Crippen LogP contribution in [0.15, 0.2) is 24.3 Å². The van der Waals surface area contributed by atoms with E-state index in [1.165, 1.54) is 0 Å². The van der Waals surface area contributed by atoms with Crippen molar-refractivity contribution >= 4 is 18.3 Å². The van der Waals surface area contributed by atoms with Crippen molar-refractivity contribution < 1.29 is 14.3 Å². The molecule has 21 heavy (non-hydrogen) atoms. The van der Waals surface area contributed by atoms with Crippen LogP contribution in [0.3, 0.4) is 0 Å². The molecule has 118 valence electrons. The Morgan fingerprint density at radius 3 is 2.48 bits per heavy atom. The number of methoxy groups -OCH3 is 1. The third-order valence-corrected chi connectivity index (χ3v) is 3.36. The fourth-order valence-electron chi connectivity index (χ4n) is 2.20. The van der Waals surface area contributed by atoms with Crippen molar-refractivity contribution in [2.45, 2.75) is 25.3 Å². The predicted octanol–water partition coefficient (Wildman–Crippen LogP) is 1.75. The van der Waals surface area contributed by atoms with Crippen molar-refractivity contribution in [3.8, 4) is 11.5 Å². The highest BCUT2D eigenvalue weighted by molar-refractivity contribution is 5.85. The lowest BCUT2D eigenvalue weighted by Gasteiger charge is -2.23. The molecule has 1 aromatic carbocycles. The van der Waals surface area contributed by atoms with Crippen LogP contribution in [-0.2, 0) is 4.79 Å². The lowest BCUT2D eigenvalue weighted by molar-refractivity contribution is -0.122. The number of halogens is 1. The normalized spacial score (nSPS) is 14.9. The molecule has 1 saturated heterocycles. The highest BCUT2D eigenvalue weighted by Gasteiger charge is 2.14. The summed E-state index contributed by atoms with van der Waals surface area (Å²) in [6.45, 7) is 2.35. The molecule has 0 aromatic heterocycles. The van der Waals surface area contributed by atoms with Crippen molar-refractivity contribution in [3.63, 3.8) is 0 Å². The first-order chi connectivity index (χ1) is 9.78. The van der Waals surface area contributed by atoms with Crippen LogP contribution in [0.4, 0.5) is 0 Å². The zero-order valence-electron chi connectivity index (χ0n) is 12.3. The second-order valence-corrected chi connectivity index (χ2v) is 4.87. The number of amides is 1. The molecule has 0 radical (unpaired) electrons. The molecular weight excluding hydrogens is 292 g/mol. The van der Waals surface area contributed by atoms with E-state index in [-0.39, 0.29) is 18.3 Å². The van der Waals surface area contributed by atoms with Gasteiger partial charge in [0.2, 0.25) is 5.91 Å². The second-order valence-electron chi connectivity index (χ2n) is 4.87. The van der Waals surface area contributed by atoms with Gasteiger partial charge in [0.25, 0.3) is 0 Å². The molecule has 0 aliphatic carbocycles. The van der Waals surface area contributed by atoms with E-state index < -0.39 is 0 Å². The summed E-state index contributed by atoms with van der Waals surface area (Å²) < 4.78 is 10.6. The van der Waals surface area contributed by atoms with Crippen LogP contribution in [0, 0.1) is 0 Å². The SMILES string of the molecule is COc1ccc(OCCC(=O)NC2CCNCC2)cc1.Cl. The first-order valence-corrected chi connectivity index (χ1v) is 7.05. The lowest BCUT2D eigenvalue weighted by Crippen LogP contribution is -2.43. The monoisotopic (exact) mass is 314 g/mol. The maximum Gasteiger partial charge on any atom is 0.223 e. The Kier molecular flexibility index (Phi) is 7.93. The van der Waals surface area contributed by atoms with Crippen LogP contribution in [0.1, 0.15) is 19.3 Å². The molecule has 2 N–H and O–H groups in total. The van der Waals surface area contributed by atoms with E-state index in [1.807, 2.05) is 24.3 Å². The van der Waals surface area contributed by atoms with E-state index in [4.69, 9.17) is 9.47 Å². The van der Waals surface area contributed by atoms with Gasteiger partial charge < -0.3 is 20.1 Å². The Morgan fingerprint density at radius 1 is 1.24 bits per heavy atom. The number of carbonyl (C=O) groups excluding carboxylic acids is 1. The minimum absolute atomic E-state index is 0. The minimum Gasteiger partial charge on any atom is -0.497 e. The van der Waals surface area contributed by atoms with Crippen LogP contribution >= 0.6 is 12.4 Å². The lowest BCUT2D eigenvalue weighted by atomic mass is 10.1. The Morgan fingerprint density at radius 2 is 1.86 bits per heavy atom. The molecule has 1 amide bonds. The van der Waals surface area contributed by atoms with Crippen LogP contribution in [0.2, 0.25) is 0 Å². The molecule has 1 aliphatic rings. The van der Waals surface area contributed by atoms with Gasteiger partial charge in [-0.2, -0.15) is 0 Å². The Balaban J connectivity index is 0.00000220. The third kappa shape index (κ3) is 6.23. The molecule has 1 heterocycles.